The molecule has 4 aromatic rings. The van der Waals surface area contributed by atoms with Crippen molar-refractivity contribution in [2.75, 3.05) is 0 Å². The monoisotopic (exact) mass is 748 g/mol. The van der Waals surface area contributed by atoms with Crippen molar-refractivity contribution in [2.45, 2.75) is 104 Å². The van der Waals surface area contributed by atoms with Crippen molar-refractivity contribution in [3.05, 3.63) is 140 Å². The summed E-state index contributed by atoms with van der Waals surface area (Å²) < 4.78 is 159. The molecule has 0 aliphatic heterocycles. The number of alkyl halides is 12. The van der Waals surface area contributed by atoms with E-state index < -0.39 is 47.0 Å². The molecule has 0 fully saturated rings. The third kappa shape index (κ3) is 11.0. The maximum atomic E-state index is 13.2. The molecule has 0 unspecified atom stereocenters. The highest BCUT2D eigenvalue weighted by molar-refractivity contribution is 5.41. The summed E-state index contributed by atoms with van der Waals surface area (Å²) in [6, 6.07) is 16.4. The van der Waals surface area contributed by atoms with Crippen molar-refractivity contribution >= 4 is 0 Å². The standard InChI is InChI=1S/2C18H14F6.2C2H6/c19-17(20,21)15-9-11-1-5-13(15)8-4-12-2-6-14(7-3-11)16(10-12)18(22,23)24;19-17(20,21)15-9-11-1-2-12-4-6-14(8-7-13(15)5-3-11)16(10-12)18(22,23)24;2*1-2/h1-2,5-6,9-10H,3-4,7-8H2;3-6,9-10H,1-2,7-8H2;2*1-2H3. The molecule has 284 valence electrons. The normalized spacial score (nSPS) is 14.3. The van der Waals surface area contributed by atoms with E-state index >= 15 is 0 Å². The molecule has 12 rings (SSSR count). The van der Waals surface area contributed by atoms with Gasteiger partial charge >= 0.3 is 24.7 Å². The average Bonchev–Trinajstić information content (AvgIpc) is 3.07. The molecule has 0 N–H and O–H groups in total. The molecule has 0 spiro atoms. The summed E-state index contributed by atoms with van der Waals surface area (Å²) in [6.07, 6.45) is -17.2. The van der Waals surface area contributed by atoms with Crippen LogP contribution in [0.4, 0.5) is 52.7 Å². The Balaban J connectivity index is 0.000000256. The van der Waals surface area contributed by atoms with E-state index in [4.69, 9.17) is 0 Å². The van der Waals surface area contributed by atoms with Crippen LogP contribution in [0.5, 0.6) is 0 Å². The van der Waals surface area contributed by atoms with Gasteiger partial charge in [0, 0.05) is 0 Å². The van der Waals surface area contributed by atoms with Crippen molar-refractivity contribution in [1.29, 1.82) is 0 Å². The minimum atomic E-state index is -4.51. The van der Waals surface area contributed by atoms with E-state index in [9.17, 15) is 52.7 Å². The molecule has 8 aliphatic rings. The van der Waals surface area contributed by atoms with Gasteiger partial charge in [-0.2, -0.15) is 52.7 Å². The van der Waals surface area contributed by atoms with Crippen molar-refractivity contribution in [1.82, 2.24) is 0 Å². The van der Waals surface area contributed by atoms with E-state index in [1.165, 1.54) is 24.3 Å². The molecular weight excluding hydrogens is 708 g/mol. The molecule has 0 amide bonds. The first kappa shape index (κ1) is 42.5. The molecule has 0 radical (unpaired) electrons. The molecule has 0 atom stereocenters. The van der Waals surface area contributed by atoms with E-state index in [1.807, 2.05) is 27.7 Å². The molecule has 0 aromatic heterocycles. The second kappa shape index (κ2) is 17.2. The number of halogens is 12. The van der Waals surface area contributed by atoms with Crippen LogP contribution >= 0.6 is 0 Å². The van der Waals surface area contributed by atoms with Crippen LogP contribution in [0.1, 0.15) is 94.5 Å². The molecule has 8 aliphatic carbocycles. The Hall–Kier alpha value is -3.96. The van der Waals surface area contributed by atoms with Crippen LogP contribution in [0, 0.1) is 0 Å². The van der Waals surface area contributed by atoms with Crippen LogP contribution in [0.15, 0.2) is 72.8 Å². The summed E-state index contributed by atoms with van der Waals surface area (Å²) in [5.41, 5.74) is -0.840. The zero-order chi connectivity index (χ0) is 39.1. The fraction of sp³-hybridized carbons (Fsp3) is 0.400. The van der Waals surface area contributed by atoms with Gasteiger partial charge < -0.3 is 0 Å². The molecule has 8 bridgehead atoms. The molecule has 0 saturated heterocycles. The van der Waals surface area contributed by atoms with Gasteiger partial charge in [0.15, 0.2) is 0 Å². The predicted molar refractivity (Wildman–Crippen MR) is 178 cm³/mol. The third-order valence-corrected chi connectivity index (χ3v) is 8.65. The first-order valence-corrected chi connectivity index (χ1v) is 17.0. The number of hydrogen-bond donors (Lipinski definition) is 0. The lowest BCUT2D eigenvalue weighted by Crippen LogP contribution is -2.14. The SMILES string of the molecule is CC.CC.FC(F)(F)c1cc2ccc1CCc1ccc(c(C(F)(F)F)c1)CC2.FC(F)(F)c1cc2ccc1CCc1ccc(cc1C(F)(F)F)CC2. The van der Waals surface area contributed by atoms with Gasteiger partial charge in [0.1, 0.15) is 0 Å². The van der Waals surface area contributed by atoms with Crippen LogP contribution in [0.25, 0.3) is 0 Å². The molecule has 0 saturated carbocycles. The molecular formula is C40H40F12. The summed E-state index contributed by atoms with van der Waals surface area (Å²) in [7, 11) is 0. The van der Waals surface area contributed by atoms with E-state index in [-0.39, 0.29) is 73.6 Å². The van der Waals surface area contributed by atoms with Gasteiger partial charge in [0.2, 0.25) is 0 Å². The van der Waals surface area contributed by atoms with E-state index in [0.29, 0.717) is 22.3 Å². The lowest BCUT2D eigenvalue weighted by molar-refractivity contribution is -0.139. The lowest BCUT2D eigenvalue weighted by atomic mass is 9.91. The predicted octanol–water partition coefficient (Wildman–Crippen LogP) is 13.3. The van der Waals surface area contributed by atoms with Crippen molar-refractivity contribution in [2.24, 2.45) is 0 Å². The smallest absolute Gasteiger partial charge is 0.166 e. The first-order chi connectivity index (χ1) is 24.3. The minimum absolute atomic E-state index is 0.0315. The molecule has 0 nitrogen and oxygen atoms in total. The maximum Gasteiger partial charge on any atom is 0.416 e. The Kier molecular flexibility index (Phi) is 14.1. The Morgan fingerprint density at radius 1 is 0.288 bits per heavy atom. The second-order valence-corrected chi connectivity index (χ2v) is 12.0. The van der Waals surface area contributed by atoms with Crippen LogP contribution < -0.4 is 0 Å². The van der Waals surface area contributed by atoms with Crippen molar-refractivity contribution < 1.29 is 52.7 Å². The van der Waals surface area contributed by atoms with E-state index in [0.717, 1.165) is 24.3 Å². The largest absolute Gasteiger partial charge is 0.416 e. The highest BCUT2D eigenvalue weighted by Gasteiger charge is 2.37. The fourth-order valence-electron chi connectivity index (χ4n) is 6.16. The Labute approximate surface area is 295 Å². The summed E-state index contributed by atoms with van der Waals surface area (Å²) in [6.45, 7) is 8.00. The highest BCUT2D eigenvalue weighted by Crippen LogP contribution is 2.38. The zero-order valence-electron chi connectivity index (χ0n) is 29.1. The Morgan fingerprint density at radius 2 is 0.462 bits per heavy atom. The van der Waals surface area contributed by atoms with Crippen LogP contribution in [-0.4, -0.2) is 0 Å². The second-order valence-electron chi connectivity index (χ2n) is 12.0. The number of benzene rings is 4. The minimum Gasteiger partial charge on any atom is -0.166 e. The van der Waals surface area contributed by atoms with Crippen LogP contribution in [-0.2, 0) is 76.1 Å². The van der Waals surface area contributed by atoms with Gasteiger partial charge in [-0.15, -0.1) is 0 Å². The van der Waals surface area contributed by atoms with E-state index in [2.05, 4.69) is 0 Å². The molecule has 12 heteroatoms. The van der Waals surface area contributed by atoms with Gasteiger partial charge in [-0.3, -0.25) is 0 Å². The fourth-order valence-corrected chi connectivity index (χ4v) is 6.16. The Morgan fingerprint density at radius 3 is 0.654 bits per heavy atom. The first-order valence-electron chi connectivity index (χ1n) is 17.0. The summed E-state index contributed by atoms with van der Waals surface area (Å²) in [5.74, 6) is 0. The van der Waals surface area contributed by atoms with E-state index in [1.54, 1.807) is 24.3 Å². The quantitative estimate of drug-likeness (QED) is 0.157. The highest BCUT2D eigenvalue weighted by atomic mass is 19.4. The van der Waals surface area contributed by atoms with Crippen molar-refractivity contribution in [3.63, 3.8) is 0 Å². The summed E-state index contributed by atoms with van der Waals surface area (Å²) in [4.78, 5) is 0. The topological polar surface area (TPSA) is 0 Å². The van der Waals surface area contributed by atoms with Gasteiger partial charge in [0.25, 0.3) is 0 Å². The van der Waals surface area contributed by atoms with Gasteiger partial charge in [0.05, 0.1) is 22.3 Å². The van der Waals surface area contributed by atoms with Crippen molar-refractivity contribution in [3.8, 4) is 0 Å². The third-order valence-electron chi connectivity index (χ3n) is 8.65. The number of hydrogen-bond acceptors (Lipinski definition) is 0. The van der Waals surface area contributed by atoms with Gasteiger partial charge in [-0.05, 0) is 120 Å². The number of rotatable bonds is 0. The van der Waals surface area contributed by atoms with Gasteiger partial charge in [-0.1, -0.05) is 76.2 Å². The average molecular weight is 749 g/mol. The molecule has 52 heavy (non-hydrogen) atoms. The number of aryl methyl sites for hydroxylation is 8. The summed E-state index contributed by atoms with van der Waals surface area (Å²) in [5, 5.41) is 0. The van der Waals surface area contributed by atoms with Crippen LogP contribution in [0.2, 0.25) is 0 Å². The zero-order valence-corrected chi connectivity index (χ0v) is 29.1. The maximum absolute atomic E-state index is 13.2. The van der Waals surface area contributed by atoms with Gasteiger partial charge in [-0.25, -0.2) is 0 Å². The van der Waals surface area contributed by atoms with Crippen LogP contribution in [0.3, 0.4) is 0 Å². The molecule has 0 heterocycles. The lowest BCUT2D eigenvalue weighted by Gasteiger charge is -2.19. The Bertz CT molecular complexity index is 1640. The molecule has 4 aromatic carbocycles. The summed E-state index contributed by atoms with van der Waals surface area (Å²) >= 11 is 0.